The van der Waals surface area contributed by atoms with E-state index in [2.05, 4.69) is 0 Å². The van der Waals surface area contributed by atoms with Crippen molar-refractivity contribution in [3.63, 3.8) is 0 Å². The number of carbonyl (C=O) groups is 1. The van der Waals surface area contributed by atoms with Crippen LogP contribution < -0.4 is 4.74 Å². The number of hydrogen-bond donors (Lipinski definition) is 1. The normalized spacial score (nSPS) is 11.9. The molecule has 2 aromatic rings. The summed E-state index contributed by atoms with van der Waals surface area (Å²) in [5, 5.41) is 8.87. The van der Waals surface area contributed by atoms with Gasteiger partial charge < -0.3 is 9.84 Å². The molecule has 0 saturated heterocycles. The lowest BCUT2D eigenvalue weighted by Crippen LogP contribution is -2.09. The van der Waals surface area contributed by atoms with Crippen LogP contribution in [0.4, 0.5) is 4.39 Å². The van der Waals surface area contributed by atoms with Crippen molar-refractivity contribution in [2.75, 3.05) is 0 Å². The van der Waals surface area contributed by atoms with E-state index in [1.54, 1.807) is 30.3 Å². The highest BCUT2D eigenvalue weighted by Gasteiger charge is 2.16. The van der Waals surface area contributed by atoms with E-state index in [1.165, 1.54) is 18.2 Å². The SMILES string of the molecule is CCCC(Oc1ccc(C(=O)O)cc1)c1ccccc1F. The van der Waals surface area contributed by atoms with Crippen LogP contribution in [0.15, 0.2) is 48.5 Å². The minimum Gasteiger partial charge on any atom is -0.486 e. The Morgan fingerprint density at radius 2 is 1.86 bits per heavy atom. The van der Waals surface area contributed by atoms with Crippen molar-refractivity contribution in [2.24, 2.45) is 0 Å². The van der Waals surface area contributed by atoms with E-state index in [9.17, 15) is 9.18 Å². The Hall–Kier alpha value is -2.36. The maximum absolute atomic E-state index is 13.9. The topological polar surface area (TPSA) is 46.5 Å². The van der Waals surface area contributed by atoms with E-state index in [4.69, 9.17) is 9.84 Å². The second-order valence-electron chi connectivity index (χ2n) is 4.75. The molecule has 2 aromatic carbocycles. The van der Waals surface area contributed by atoms with Gasteiger partial charge in [0.2, 0.25) is 0 Å². The number of carboxylic acids is 1. The van der Waals surface area contributed by atoms with Gasteiger partial charge in [-0.2, -0.15) is 0 Å². The number of carboxylic acid groups (broad SMARTS) is 1. The minimum absolute atomic E-state index is 0.195. The summed E-state index contributed by atoms with van der Waals surface area (Å²) >= 11 is 0. The number of benzene rings is 2. The minimum atomic E-state index is -0.985. The first kappa shape index (κ1) is 15.0. The molecule has 0 spiro atoms. The molecule has 0 aliphatic carbocycles. The lowest BCUT2D eigenvalue weighted by molar-refractivity contribution is 0.0697. The van der Waals surface area contributed by atoms with Crippen molar-refractivity contribution >= 4 is 5.97 Å². The largest absolute Gasteiger partial charge is 0.486 e. The molecule has 0 aromatic heterocycles. The van der Waals surface area contributed by atoms with Crippen molar-refractivity contribution in [1.29, 1.82) is 0 Å². The van der Waals surface area contributed by atoms with Gasteiger partial charge in [-0.1, -0.05) is 31.5 Å². The highest BCUT2D eigenvalue weighted by Crippen LogP contribution is 2.27. The molecule has 0 saturated carbocycles. The van der Waals surface area contributed by atoms with E-state index in [0.717, 1.165) is 6.42 Å². The van der Waals surface area contributed by atoms with E-state index in [0.29, 0.717) is 17.7 Å². The molecule has 0 fully saturated rings. The number of hydrogen-bond acceptors (Lipinski definition) is 2. The average molecular weight is 288 g/mol. The van der Waals surface area contributed by atoms with Gasteiger partial charge in [-0.25, -0.2) is 9.18 Å². The van der Waals surface area contributed by atoms with Gasteiger partial charge in [-0.3, -0.25) is 0 Å². The lowest BCUT2D eigenvalue weighted by Gasteiger charge is -2.19. The maximum Gasteiger partial charge on any atom is 0.335 e. The van der Waals surface area contributed by atoms with Gasteiger partial charge >= 0.3 is 5.97 Å². The lowest BCUT2D eigenvalue weighted by atomic mass is 10.0. The average Bonchev–Trinajstić information content (AvgIpc) is 2.48. The molecule has 0 aliphatic rings. The van der Waals surface area contributed by atoms with Crippen LogP contribution in [0, 0.1) is 5.82 Å². The first-order chi connectivity index (χ1) is 10.1. The third kappa shape index (κ3) is 3.81. The Morgan fingerprint density at radius 1 is 1.19 bits per heavy atom. The smallest absolute Gasteiger partial charge is 0.335 e. The van der Waals surface area contributed by atoms with E-state index < -0.39 is 5.97 Å². The zero-order valence-electron chi connectivity index (χ0n) is 11.8. The Bertz CT molecular complexity index is 608. The summed E-state index contributed by atoms with van der Waals surface area (Å²) < 4.78 is 19.7. The zero-order chi connectivity index (χ0) is 15.2. The number of ether oxygens (including phenoxy) is 1. The van der Waals surface area contributed by atoms with E-state index in [-0.39, 0.29) is 17.5 Å². The fourth-order valence-electron chi connectivity index (χ4n) is 2.12. The molecule has 0 aliphatic heterocycles. The monoisotopic (exact) mass is 288 g/mol. The molecule has 0 amide bonds. The summed E-state index contributed by atoms with van der Waals surface area (Å²) in [6.07, 6.45) is 1.15. The van der Waals surface area contributed by atoms with Gasteiger partial charge in [0.15, 0.2) is 0 Å². The zero-order valence-corrected chi connectivity index (χ0v) is 11.8. The van der Waals surface area contributed by atoms with Gasteiger partial charge in [0.05, 0.1) is 5.56 Å². The van der Waals surface area contributed by atoms with Gasteiger partial charge in [0, 0.05) is 5.56 Å². The number of rotatable bonds is 6. The van der Waals surface area contributed by atoms with Gasteiger partial charge in [0.1, 0.15) is 17.7 Å². The fourth-order valence-corrected chi connectivity index (χ4v) is 2.12. The Balaban J connectivity index is 2.20. The molecule has 1 unspecified atom stereocenters. The highest BCUT2D eigenvalue weighted by atomic mass is 19.1. The van der Waals surface area contributed by atoms with Crippen LogP contribution >= 0.6 is 0 Å². The molecule has 0 radical (unpaired) electrons. The maximum atomic E-state index is 13.9. The van der Waals surface area contributed by atoms with Crippen LogP contribution in [0.25, 0.3) is 0 Å². The Kier molecular flexibility index (Phi) is 4.93. The predicted molar refractivity (Wildman–Crippen MR) is 78.1 cm³/mol. The van der Waals surface area contributed by atoms with Gasteiger partial charge in [0.25, 0.3) is 0 Å². The predicted octanol–water partition coefficient (Wildman–Crippen LogP) is 4.44. The molecule has 2 rings (SSSR count). The van der Waals surface area contributed by atoms with Crippen LogP contribution in [0.1, 0.15) is 41.8 Å². The second-order valence-corrected chi connectivity index (χ2v) is 4.75. The Labute approximate surface area is 123 Å². The summed E-state index contributed by atoms with van der Waals surface area (Å²) in [7, 11) is 0. The summed E-state index contributed by atoms with van der Waals surface area (Å²) in [4.78, 5) is 10.8. The van der Waals surface area contributed by atoms with Crippen LogP contribution in [-0.4, -0.2) is 11.1 Å². The van der Waals surface area contributed by atoms with Crippen molar-refractivity contribution in [3.8, 4) is 5.75 Å². The standard InChI is InChI=1S/C17H17FO3/c1-2-5-16(14-6-3-4-7-15(14)18)21-13-10-8-12(9-11-13)17(19)20/h3-4,6-11,16H,2,5H2,1H3,(H,19,20). The molecule has 1 atom stereocenters. The number of halogens is 1. The van der Waals surface area contributed by atoms with Crippen LogP contribution in [0.3, 0.4) is 0 Å². The van der Waals surface area contributed by atoms with Crippen LogP contribution in [0.5, 0.6) is 5.75 Å². The summed E-state index contributed by atoms with van der Waals surface area (Å²) in [6, 6.07) is 12.7. The highest BCUT2D eigenvalue weighted by molar-refractivity contribution is 5.87. The molecule has 0 bridgehead atoms. The van der Waals surface area contributed by atoms with Gasteiger partial charge in [-0.15, -0.1) is 0 Å². The van der Waals surface area contributed by atoms with Crippen molar-refractivity contribution in [2.45, 2.75) is 25.9 Å². The fraction of sp³-hybridized carbons (Fsp3) is 0.235. The van der Waals surface area contributed by atoms with Crippen LogP contribution in [0.2, 0.25) is 0 Å². The molecule has 1 N–H and O–H groups in total. The van der Waals surface area contributed by atoms with E-state index in [1.807, 2.05) is 6.92 Å². The van der Waals surface area contributed by atoms with Crippen molar-refractivity contribution in [3.05, 3.63) is 65.5 Å². The summed E-state index contributed by atoms with van der Waals surface area (Å²) in [5.74, 6) is -0.749. The molecule has 110 valence electrons. The third-order valence-electron chi connectivity index (χ3n) is 3.18. The molecular weight excluding hydrogens is 271 g/mol. The molecule has 3 nitrogen and oxygen atoms in total. The molecule has 0 heterocycles. The van der Waals surface area contributed by atoms with E-state index >= 15 is 0 Å². The van der Waals surface area contributed by atoms with Crippen LogP contribution in [-0.2, 0) is 0 Å². The van der Waals surface area contributed by atoms with Crippen molar-refractivity contribution in [1.82, 2.24) is 0 Å². The Morgan fingerprint density at radius 3 is 2.43 bits per heavy atom. The first-order valence-corrected chi connectivity index (χ1v) is 6.86. The molecule has 21 heavy (non-hydrogen) atoms. The summed E-state index contributed by atoms with van der Waals surface area (Å²) in [6.45, 7) is 2.00. The molecule has 4 heteroatoms. The summed E-state index contributed by atoms with van der Waals surface area (Å²) in [5.41, 5.74) is 0.710. The van der Waals surface area contributed by atoms with Gasteiger partial charge in [-0.05, 0) is 36.8 Å². The molecular formula is C17H17FO3. The first-order valence-electron chi connectivity index (χ1n) is 6.86. The second kappa shape index (κ2) is 6.88. The third-order valence-corrected chi connectivity index (χ3v) is 3.18. The number of aromatic carboxylic acids is 1. The quantitative estimate of drug-likeness (QED) is 0.854. The van der Waals surface area contributed by atoms with Crippen molar-refractivity contribution < 1.29 is 19.0 Å².